The van der Waals surface area contributed by atoms with E-state index in [9.17, 15) is 0 Å². The first-order valence-electron chi connectivity index (χ1n) is 19.6. The Hall–Kier alpha value is -8.16. The van der Waals surface area contributed by atoms with Gasteiger partial charge in [-0.3, -0.25) is 0 Å². The summed E-state index contributed by atoms with van der Waals surface area (Å²) in [5, 5.41) is 4.65. The lowest BCUT2D eigenvalue weighted by Crippen LogP contribution is -2.01. The number of hydrogen-bond acceptors (Lipinski definition) is 5. The fourth-order valence-corrected chi connectivity index (χ4v) is 8.45. The second kappa shape index (κ2) is 13.2. The van der Waals surface area contributed by atoms with Crippen molar-refractivity contribution in [3.05, 3.63) is 194 Å². The first-order valence-corrected chi connectivity index (χ1v) is 19.6. The summed E-state index contributed by atoms with van der Waals surface area (Å²) >= 11 is 0. The predicted octanol–water partition coefficient (Wildman–Crippen LogP) is 12.9. The molecule has 0 bridgehead atoms. The Balaban J connectivity index is 1.05. The maximum absolute atomic E-state index is 6.09. The zero-order chi connectivity index (χ0) is 38.9. The van der Waals surface area contributed by atoms with E-state index in [0.717, 1.165) is 83.0 Å². The topological polar surface area (TPSA) is 74.6 Å². The van der Waals surface area contributed by atoms with Crippen molar-refractivity contribution >= 4 is 54.7 Å². The minimum absolute atomic E-state index is 0.569. The van der Waals surface area contributed by atoms with Crippen molar-refractivity contribution in [2.75, 3.05) is 0 Å². The van der Waals surface area contributed by atoms with Gasteiger partial charge in [-0.1, -0.05) is 109 Å². The third kappa shape index (κ3) is 5.44. The molecule has 7 heteroatoms. The Kier molecular flexibility index (Phi) is 7.40. The minimum Gasteiger partial charge on any atom is -0.436 e. The highest BCUT2D eigenvalue weighted by molar-refractivity contribution is 6.11. The SMILES string of the molecule is c1ccc(-n2c3ccccc3c3cc(-c4nc(-c5ccc(-c6nc7ccccc7o6)cc5)nc(-c5ccc6c7ccccc7n(-c7ccccc7)c6c5)n4)ccc32)cc1. The van der Waals surface area contributed by atoms with E-state index in [0.29, 0.717) is 23.4 Å². The predicted molar refractivity (Wildman–Crippen MR) is 238 cm³/mol. The average Bonchev–Trinajstić information content (AvgIpc) is 3.99. The molecule has 0 radical (unpaired) electrons. The maximum Gasteiger partial charge on any atom is 0.227 e. The quantitative estimate of drug-likeness (QED) is 0.169. The lowest BCUT2D eigenvalue weighted by molar-refractivity contribution is 0.620. The molecule has 0 fully saturated rings. The second-order valence-corrected chi connectivity index (χ2v) is 14.7. The number of oxazole rings is 1. The van der Waals surface area contributed by atoms with Crippen LogP contribution in [0, 0.1) is 0 Å². The van der Waals surface area contributed by atoms with Crippen LogP contribution in [-0.2, 0) is 0 Å². The third-order valence-electron chi connectivity index (χ3n) is 11.2. The molecule has 0 atom stereocenters. The summed E-state index contributed by atoms with van der Waals surface area (Å²) in [6.07, 6.45) is 0. The normalized spacial score (nSPS) is 11.7. The van der Waals surface area contributed by atoms with E-state index in [2.05, 4.69) is 143 Å². The molecule has 4 heterocycles. The zero-order valence-corrected chi connectivity index (χ0v) is 31.6. The number of hydrogen-bond donors (Lipinski definition) is 0. The van der Waals surface area contributed by atoms with Crippen LogP contribution in [0.15, 0.2) is 199 Å². The van der Waals surface area contributed by atoms with E-state index in [1.165, 1.54) is 5.39 Å². The van der Waals surface area contributed by atoms with Gasteiger partial charge in [0.05, 0.1) is 22.1 Å². The Morgan fingerprint density at radius 3 is 1.47 bits per heavy atom. The van der Waals surface area contributed by atoms with Crippen LogP contribution in [0.4, 0.5) is 0 Å². The number of para-hydroxylation sites is 6. The molecule has 12 aromatic rings. The zero-order valence-electron chi connectivity index (χ0n) is 31.6. The standard InChI is InChI=1S/C52H32N6O/c1-3-13-37(14-4-1)57-45-21-11-8-18-40(45)42-31-35(28-30-46(42)57)50-54-49(33-23-25-34(26-24-33)52-53-43-19-9-12-22-48(43)59-52)55-51(56-50)36-27-29-41-39-17-7-10-20-44(39)58(47(41)32-36)38-15-5-2-6-16-38/h1-32H. The van der Waals surface area contributed by atoms with Gasteiger partial charge in [0.15, 0.2) is 23.1 Å². The summed E-state index contributed by atoms with van der Waals surface area (Å²) in [7, 11) is 0. The summed E-state index contributed by atoms with van der Waals surface area (Å²) in [6, 6.07) is 67.0. The highest BCUT2D eigenvalue weighted by Gasteiger charge is 2.19. The Labute approximate surface area is 338 Å². The van der Waals surface area contributed by atoms with E-state index < -0.39 is 0 Å². The smallest absolute Gasteiger partial charge is 0.227 e. The minimum atomic E-state index is 0.569. The van der Waals surface area contributed by atoms with Crippen molar-refractivity contribution in [3.63, 3.8) is 0 Å². The first-order chi connectivity index (χ1) is 29.2. The Morgan fingerprint density at radius 2 is 0.797 bits per heavy atom. The number of fused-ring (bicyclic) bond motifs is 7. The molecule has 59 heavy (non-hydrogen) atoms. The van der Waals surface area contributed by atoms with Gasteiger partial charge < -0.3 is 13.6 Å². The average molecular weight is 757 g/mol. The van der Waals surface area contributed by atoms with Gasteiger partial charge in [0, 0.05) is 55.2 Å². The van der Waals surface area contributed by atoms with Crippen LogP contribution in [-0.4, -0.2) is 29.1 Å². The lowest BCUT2D eigenvalue weighted by Gasteiger charge is -2.11. The number of aromatic nitrogens is 6. The molecular weight excluding hydrogens is 725 g/mol. The lowest BCUT2D eigenvalue weighted by atomic mass is 10.1. The molecule has 7 nitrogen and oxygen atoms in total. The third-order valence-corrected chi connectivity index (χ3v) is 11.2. The second-order valence-electron chi connectivity index (χ2n) is 14.7. The molecule has 8 aromatic carbocycles. The molecule has 0 aliphatic carbocycles. The summed E-state index contributed by atoms with van der Waals surface area (Å²) in [6.45, 7) is 0. The molecule has 0 aliphatic rings. The summed E-state index contributed by atoms with van der Waals surface area (Å²) in [5.74, 6) is 2.33. The van der Waals surface area contributed by atoms with Crippen molar-refractivity contribution in [2.24, 2.45) is 0 Å². The fraction of sp³-hybridized carbons (Fsp3) is 0. The molecule has 0 unspecified atom stereocenters. The molecule has 276 valence electrons. The van der Waals surface area contributed by atoms with Gasteiger partial charge in [0.2, 0.25) is 5.89 Å². The monoisotopic (exact) mass is 756 g/mol. The fourth-order valence-electron chi connectivity index (χ4n) is 8.45. The maximum atomic E-state index is 6.09. The number of rotatable bonds is 6. The van der Waals surface area contributed by atoms with E-state index >= 15 is 0 Å². The van der Waals surface area contributed by atoms with Crippen molar-refractivity contribution in [2.45, 2.75) is 0 Å². The van der Waals surface area contributed by atoms with Gasteiger partial charge in [0.1, 0.15) is 5.52 Å². The van der Waals surface area contributed by atoms with Gasteiger partial charge in [-0.15, -0.1) is 0 Å². The van der Waals surface area contributed by atoms with Crippen LogP contribution in [0.1, 0.15) is 0 Å². The highest BCUT2D eigenvalue weighted by atomic mass is 16.3. The van der Waals surface area contributed by atoms with Gasteiger partial charge in [-0.2, -0.15) is 0 Å². The molecule has 0 aliphatic heterocycles. The van der Waals surface area contributed by atoms with Crippen molar-refractivity contribution in [1.82, 2.24) is 29.1 Å². The molecule has 0 saturated carbocycles. The van der Waals surface area contributed by atoms with Crippen molar-refractivity contribution in [3.8, 4) is 57.0 Å². The molecule has 12 rings (SSSR count). The van der Waals surface area contributed by atoms with E-state index in [1.807, 2.05) is 60.7 Å². The van der Waals surface area contributed by atoms with Gasteiger partial charge in [-0.05, 0) is 84.9 Å². The Bertz CT molecular complexity index is 3510. The van der Waals surface area contributed by atoms with Crippen molar-refractivity contribution in [1.29, 1.82) is 0 Å². The molecule has 0 saturated heterocycles. The summed E-state index contributed by atoms with van der Waals surface area (Å²) < 4.78 is 10.7. The van der Waals surface area contributed by atoms with Crippen molar-refractivity contribution < 1.29 is 4.42 Å². The molecule has 4 aromatic heterocycles. The summed E-state index contributed by atoms with van der Waals surface area (Å²) in [4.78, 5) is 20.3. The summed E-state index contributed by atoms with van der Waals surface area (Å²) in [5.41, 5.74) is 11.8. The van der Waals surface area contributed by atoms with E-state index in [-0.39, 0.29) is 0 Å². The molecule has 0 amide bonds. The largest absolute Gasteiger partial charge is 0.436 e. The molecular formula is C52H32N6O. The van der Waals surface area contributed by atoms with Crippen LogP contribution in [0.5, 0.6) is 0 Å². The van der Waals surface area contributed by atoms with Crippen LogP contribution >= 0.6 is 0 Å². The molecule has 0 N–H and O–H groups in total. The number of benzene rings is 8. The van der Waals surface area contributed by atoms with Crippen LogP contribution in [0.25, 0.3) is 112 Å². The van der Waals surface area contributed by atoms with Crippen LogP contribution < -0.4 is 0 Å². The van der Waals surface area contributed by atoms with Crippen LogP contribution in [0.3, 0.4) is 0 Å². The van der Waals surface area contributed by atoms with Gasteiger partial charge >= 0.3 is 0 Å². The molecule has 0 spiro atoms. The van der Waals surface area contributed by atoms with E-state index in [1.54, 1.807) is 0 Å². The van der Waals surface area contributed by atoms with Crippen LogP contribution in [0.2, 0.25) is 0 Å². The Morgan fingerprint density at radius 1 is 0.322 bits per heavy atom. The first kappa shape index (κ1) is 33.0. The number of nitrogens with zero attached hydrogens (tertiary/aromatic N) is 6. The van der Waals surface area contributed by atoms with Gasteiger partial charge in [0.25, 0.3) is 0 Å². The highest BCUT2D eigenvalue weighted by Crippen LogP contribution is 2.37. The van der Waals surface area contributed by atoms with E-state index in [4.69, 9.17) is 24.4 Å². The van der Waals surface area contributed by atoms with Gasteiger partial charge in [-0.25, -0.2) is 19.9 Å².